The van der Waals surface area contributed by atoms with Crippen molar-refractivity contribution in [2.24, 2.45) is 0 Å². The lowest BCUT2D eigenvalue weighted by Crippen LogP contribution is -2.14. The van der Waals surface area contributed by atoms with Gasteiger partial charge in [0.15, 0.2) is 0 Å². The molecule has 0 spiro atoms. The van der Waals surface area contributed by atoms with Crippen LogP contribution >= 0.6 is 11.3 Å². The van der Waals surface area contributed by atoms with E-state index in [1.165, 1.54) is 4.88 Å². The molecule has 0 saturated carbocycles. The standard InChI is InChI=1S/C17H16O3S/c1-2-11(10-12-6-5-9-21-12)15-16(18)13-7-3-4-8-14(13)20-17(15)19/h3-9,11,18H,2,10H2,1H3. The highest BCUT2D eigenvalue weighted by Crippen LogP contribution is 2.34. The number of thiophene rings is 1. The Bertz CT molecular complexity index is 803. The lowest BCUT2D eigenvalue weighted by Gasteiger charge is -2.15. The zero-order chi connectivity index (χ0) is 14.8. The van der Waals surface area contributed by atoms with Crippen LogP contribution in [0.25, 0.3) is 11.0 Å². The minimum atomic E-state index is -0.436. The second-order valence-corrected chi connectivity index (χ2v) is 6.07. The molecule has 1 N–H and O–H groups in total. The Hall–Kier alpha value is -2.07. The smallest absolute Gasteiger partial charge is 0.343 e. The molecule has 1 unspecified atom stereocenters. The summed E-state index contributed by atoms with van der Waals surface area (Å²) in [5.41, 5.74) is 0.383. The maximum atomic E-state index is 12.3. The summed E-state index contributed by atoms with van der Waals surface area (Å²) in [6.07, 6.45) is 1.51. The first-order valence-corrected chi connectivity index (χ1v) is 7.85. The summed E-state index contributed by atoms with van der Waals surface area (Å²) >= 11 is 1.66. The van der Waals surface area contributed by atoms with Crippen molar-refractivity contribution in [2.75, 3.05) is 0 Å². The van der Waals surface area contributed by atoms with Crippen LogP contribution in [0, 0.1) is 0 Å². The summed E-state index contributed by atoms with van der Waals surface area (Å²) < 4.78 is 5.36. The second kappa shape index (κ2) is 5.74. The highest BCUT2D eigenvalue weighted by molar-refractivity contribution is 7.09. The summed E-state index contributed by atoms with van der Waals surface area (Å²) in [6.45, 7) is 2.02. The average Bonchev–Trinajstić information content (AvgIpc) is 2.99. The van der Waals surface area contributed by atoms with Crippen LogP contribution in [0.4, 0.5) is 0 Å². The Morgan fingerprint density at radius 3 is 2.76 bits per heavy atom. The molecule has 2 heterocycles. The van der Waals surface area contributed by atoms with Gasteiger partial charge in [-0.1, -0.05) is 25.1 Å². The molecule has 21 heavy (non-hydrogen) atoms. The first-order chi connectivity index (χ1) is 10.2. The summed E-state index contributed by atoms with van der Waals surface area (Å²) in [5.74, 6) is 0.0229. The minimum absolute atomic E-state index is 0.0375. The SMILES string of the molecule is CCC(Cc1cccs1)c1c(O)c2ccccc2oc1=O. The monoisotopic (exact) mass is 300 g/mol. The third-order valence-corrected chi connectivity index (χ3v) is 4.65. The molecule has 0 radical (unpaired) electrons. The van der Waals surface area contributed by atoms with Crippen molar-refractivity contribution in [3.63, 3.8) is 0 Å². The van der Waals surface area contributed by atoms with Gasteiger partial charge in [0, 0.05) is 4.88 Å². The summed E-state index contributed by atoms with van der Waals surface area (Å²) in [6, 6.07) is 11.1. The number of rotatable bonds is 4. The lowest BCUT2D eigenvalue weighted by molar-refractivity contribution is 0.443. The van der Waals surface area contributed by atoms with Gasteiger partial charge in [0.1, 0.15) is 11.3 Å². The number of aromatic hydroxyl groups is 1. The van der Waals surface area contributed by atoms with E-state index in [2.05, 4.69) is 0 Å². The number of hydrogen-bond acceptors (Lipinski definition) is 4. The predicted molar refractivity (Wildman–Crippen MR) is 85.2 cm³/mol. The average molecular weight is 300 g/mol. The maximum Gasteiger partial charge on any atom is 0.343 e. The van der Waals surface area contributed by atoms with Crippen molar-refractivity contribution in [2.45, 2.75) is 25.7 Å². The fraction of sp³-hybridized carbons (Fsp3) is 0.235. The molecule has 2 aromatic heterocycles. The molecule has 0 aliphatic heterocycles. The van der Waals surface area contributed by atoms with Crippen LogP contribution in [0.2, 0.25) is 0 Å². The number of para-hydroxylation sites is 1. The Morgan fingerprint density at radius 2 is 2.05 bits per heavy atom. The molecule has 0 aliphatic carbocycles. The normalized spacial score (nSPS) is 12.6. The fourth-order valence-corrected chi connectivity index (χ4v) is 3.42. The van der Waals surface area contributed by atoms with E-state index in [0.717, 1.165) is 12.8 Å². The first kappa shape index (κ1) is 13.9. The Labute approximate surface area is 126 Å². The van der Waals surface area contributed by atoms with Crippen LogP contribution in [0.5, 0.6) is 5.75 Å². The molecular weight excluding hydrogens is 284 g/mol. The van der Waals surface area contributed by atoms with Crippen molar-refractivity contribution in [3.05, 3.63) is 62.6 Å². The molecule has 1 aromatic carbocycles. The van der Waals surface area contributed by atoms with Gasteiger partial charge in [-0.2, -0.15) is 0 Å². The van der Waals surface area contributed by atoms with Crippen molar-refractivity contribution >= 4 is 22.3 Å². The van der Waals surface area contributed by atoms with Crippen molar-refractivity contribution in [1.82, 2.24) is 0 Å². The van der Waals surface area contributed by atoms with Gasteiger partial charge >= 0.3 is 5.63 Å². The van der Waals surface area contributed by atoms with Gasteiger partial charge in [0.05, 0.1) is 10.9 Å². The maximum absolute atomic E-state index is 12.3. The van der Waals surface area contributed by atoms with E-state index in [1.54, 1.807) is 29.5 Å². The van der Waals surface area contributed by atoms with Crippen LogP contribution in [0.15, 0.2) is 51.0 Å². The summed E-state index contributed by atoms with van der Waals surface area (Å²) in [4.78, 5) is 13.5. The van der Waals surface area contributed by atoms with Gasteiger partial charge < -0.3 is 9.52 Å². The third-order valence-electron chi connectivity index (χ3n) is 3.75. The Kier molecular flexibility index (Phi) is 3.80. The molecule has 0 aliphatic rings. The molecule has 0 bridgehead atoms. The van der Waals surface area contributed by atoms with E-state index in [1.807, 2.05) is 30.5 Å². The highest BCUT2D eigenvalue weighted by Gasteiger charge is 2.22. The van der Waals surface area contributed by atoms with Gasteiger partial charge in [-0.05, 0) is 42.3 Å². The zero-order valence-electron chi connectivity index (χ0n) is 11.7. The molecular formula is C17H16O3S. The molecule has 4 heteroatoms. The molecule has 0 fully saturated rings. The van der Waals surface area contributed by atoms with Gasteiger partial charge in [-0.25, -0.2) is 4.79 Å². The molecule has 1 atom stereocenters. The van der Waals surface area contributed by atoms with Crippen LogP contribution in [0.3, 0.4) is 0 Å². The first-order valence-electron chi connectivity index (χ1n) is 6.97. The number of fused-ring (bicyclic) bond motifs is 1. The molecule has 108 valence electrons. The van der Waals surface area contributed by atoms with Crippen LogP contribution in [-0.2, 0) is 6.42 Å². The topological polar surface area (TPSA) is 50.4 Å². The molecule has 3 nitrogen and oxygen atoms in total. The van der Waals surface area contributed by atoms with Crippen molar-refractivity contribution in [1.29, 1.82) is 0 Å². The summed E-state index contributed by atoms with van der Waals surface area (Å²) in [7, 11) is 0. The van der Waals surface area contributed by atoms with Gasteiger partial charge in [0.2, 0.25) is 0 Å². The molecule has 0 amide bonds. The fourth-order valence-electron chi connectivity index (χ4n) is 2.63. The van der Waals surface area contributed by atoms with Gasteiger partial charge in [-0.15, -0.1) is 11.3 Å². The van der Waals surface area contributed by atoms with Crippen LogP contribution in [0.1, 0.15) is 29.7 Å². The number of hydrogen-bond donors (Lipinski definition) is 1. The van der Waals surface area contributed by atoms with Gasteiger partial charge in [-0.3, -0.25) is 0 Å². The van der Waals surface area contributed by atoms with Crippen molar-refractivity contribution < 1.29 is 9.52 Å². The Morgan fingerprint density at radius 1 is 1.24 bits per heavy atom. The lowest BCUT2D eigenvalue weighted by atomic mass is 9.92. The second-order valence-electron chi connectivity index (χ2n) is 5.04. The van der Waals surface area contributed by atoms with Crippen LogP contribution < -0.4 is 5.63 Å². The molecule has 3 aromatic rings. The largest absolute Gasteiger partial charge is 0.507 e. The van der Waals surface area contributed by atoms with Crippen molar-refractivity contribution in [3.8, 4) is 5.75 Å². The predicted octanol–water partition coefficient (Wildman–Crippen LogP) is 4.30. The summed E-state index contributed by atoms with van der Waals surface area (Å²) in [5, 5.41) is 13.1. The number of benzene rings is 1. The quantitative estimate of drug-likeness (QED) is 0.731. The van der Waals surface area contributed by atoms with E-state index >= 15 is 0 Å². The van der Waals surface area contributed by atoms with E-state index in [-0.39, 0.29) is 11.7 Å². The van der Waals surface area contributed by atoms with E-state index in [4.69, 9.17) is 4.42 Å². The minimum Gasteiger partial charge on any atom is -0.507 e. The Balaban J connectivity index is 2.11. The van der Waals surface area contributed by atoms with E-state index in [9.17, 15) is 9.90 Å². The van der Waals surface area contributed by atoms with Crippen LogP contribution in [-0.4, -0.2) is 5.11 Å². The van der Waals surface area contributed by atoms with Gasteiger partial charge in [0.25, 0.3) is 0 Å². The third kappa shape index (κ3) is 2.59. The molecule has 3 rings (SSSR count). The van der Waals surface area contributed by atoms with E-state index < -0.39 is 5.63 Å². The van der Waals surface area contributed by atoms with E-state index in [0.29, 0.717) is 16.5 Å². The zero-order valence-corrected chi connectivity index (χ0v) is 12.5. The molecule has 0 saturated heterocycles. The highest BCUT2D eigenvalue weighted by atomic mass is 32.1.